The summed E-state index contributed by atoms with van der Waals surface area (Å²) in [5.41, 5.74) is 1.76. The second-order valence-corrected chi connectivity index (χ2v) is 8.64. The Morgan fingerprint density at radius 2 is 1.77 bits per heavy atom. The van der Waals surface area contributed by atoms with E-state index in [9.17, 15) is 19.1 Å². The summed E-state index contributed by atoms with van der Waals surface area (Å²) in [7, 11) is 3.23. The van der Waals surface area contributed by atoms with E-state index in [1.54, 1.807) is 24.3 Å². The molecule has 0 saturated carbocycles. The van der Waals surface area contributed by atoms with Gasteiger partial charge in [0.1, 0.15) is 17.3 Å². The standard InChI is InChI=1S/C27H20ClFN2O4/c1-30-14-20(18-5-3-4-6-21(18)30)24-23(25(32)19-13-16(29)9-12-22(19)35-2)26(33)27(34)31(24)17-10-7-15(28)8-11-17/h3-14,24,32H,1-2H3/b25-23+. The highest BCUT2D eigenvalue weighted by atomic mass is 35.5. The number of carbonyl (C=O) groups excluding carboxylic acids is 2. The van der Waals surface area contributed by atoms with Gasteiger partial charge >= 0.3 is 0 Å². The number of aryl methyl sites for hydroxylation is 1. The first kappa shape index (κ1) is 22.7. The number of Topliss-reactive ketones (excluding diaryl/α,β-unsaturated/α-hetero) is 1. The molecule has 1 saturated heterocycles. The molecule has 1 aromatic heterocycles. The van der Waals surface area contributed by atoms with E-state index in [1.165, 1.54) is 24.1 Å². The van der Waals surface area contributed by atoms with Crippen LogP contribution < -0.4 is 9.64 Å². The van der Waals surface area contributed by atoms with Crippen LogP contribution in [0.25, 0.3) is 16.7 Å². The lowest BCUT2D eigenvalue weighted by molar-refractivity contribution is -0.132. The van der Waals surface area contributed by atoms with E-state index >= 15 is 0 Å². The van der Waals surface area contributed by atoms with E-state index in [0.29, 0.717) is 16.3 Å². The Morgan fingerprint density at radius 1 is 1.06 bits per heavy atom. The van der Waals surface area contributed by atoms with Gasteiger partial charge in [0.15, 0.2) is 0 Å². The topological polar surface area (TPSA) is 71.8 Å². The van der Waals surface area contributed by atoms with Crippen molar-refractivity contribution in [2.24, 2.45) is 7.05 Å². The van der Waals surface area contributed by atoms with Crippen LogP contribution in [0, 0.1) is 5.82 Å². The first-order chi connectivity index (χ1) is 16.8. The summed E-state index contributed by atoms with van der Waals surface area (Å²) in [6.45, 7) is 0. The van der Waals surface area contributed by atoms with Gasteiger partial charge in [-0.05, 0) is 48.5 Å². The monoisotopic (exact) mass is 490 g/mol. The maximum Gasteiger partial charge on any atom is 0.300 e. The Labute approximate surface area is 205 Å². The number of anilines is 1. The predicted octanol–water partition coefficient (Wildman–Crippen LogP) is 5.61. The summed E-state index contributed by atoms with van der Waals surface area (Å²) >= 11 is 6.05. The van der Waals surface area contributed by atoms with Gasteiger partial charge in [0.2, 0.25) is 0 Å². The summed E-state index contributed by atoms with van der Waals surface area (Å²) in [6.07, 6.45) is 1.82. The van der Waals surface area contributed by atoms with Crippen molar-refractivity contribution in [2.75, 3.05) is 12.0 Å². The van der Waals surface area contributed by atoms with Crippen LogP contribution in [-0.4, -0.2) is 28.5 Å². The number of aliphatic hydroxyl groups excluding tert-OH is 1. The third kappa shape index (κ3) is 3.65. The van der Waals surface area contributed by atoms with E-state index in [4.69, 9.17) is 16.3 Å². The minimum Gasteiger partial charge on any atom is -0.507 e. The first-order valence-electron chi connectivity index (χ1n) is 10.8. The molecule has 1 aliphatic rings. The molecule has 1 unspecified atom stereocenters. The third-order valence-electron chi connectivity index (χ3n) is 6.19. The largest absolute Gasteiger partial charge is 0.507 e. The number of benzene rings is 3. The lowest BCUT2D eigenvalue weighted by Crippen LogP contribution is -2.29. The number of aromatic nitrogens is 1. The molecule has 1 fully saturated rings. The summed E-state index contributed by atoms with van der Waals surface area (Å²) < 4.78 is 21.3. The molecule has 6 nitrogen and oxygen atoms in total. The number of ketones is 1. The molecule has 8 heteroatoms. The average molecular weight is 491 g/mol. The van der Waals surface area contributed by atoms with Crippen LogP contribution >= 0.6 is 11.6 Å². The van der Waals surface area contributed by atoms with E-state index in [-0.39, 0.29) is 16.9 Å². The number of aliphatic hydroxyl groups is 1. The molecule has 176 valence electrons. The van der Waals surface area contributed by atoms with Crippen LogP contribution in [-0.2, 0) is 16.6 Å². The number of methoxy groups -OCH3 is 1. The quantitative estimate of drug-likeness (QED) is 0.229. The number of amides is 1. The van der Waals surface area contributed by atoms with Gasteiger partial charge < -0.3 is 14.4 Å². The zero-order valence-corrected chi connectivity index (χ0v) is 19.6. The second kappa shape index (κ2) is 8.60. The number of para-hydroxylation sites is 1. The lowest BCUT2D eigenvalue weighted by Gasteiger charge is -2.25. The molecule has 35 heavy (non-hydrogen) atoms. The number of halogens is 2. The molecule has 0 aliphatic carbocycles. The van der Waals surface area contributed by atoms with Gasteiger partial charge in [-0.2, -0.15) is 0 Å². The van der Waals surface area contributed by atoms with Crippen LogP contribution in [0.15, 0.2) is 78.5 Å². The highest BCUT2D eigenvalue weighted by Gasteiger charge is 2.48. The molecular weight excluding hydrogens is 471 g/mol. The number of rotatable bonds is 4. The predicted molar refractivity (Wildman–Crippen MR) is 132 cm³/mol. The molecule has 0 radical (unpaired) electrons. The van der Waals surface area contributed by atoms with Crippen LogP contribution in [0.5, 0.6) is 5.75 Å². The normalized spacial score (nSPS) is 17.4. The van der Waals surface area contributed by atoms with Crippen molar-refractivity contribution >= 4 is 45.6 Å². The minimum atomic E-state index is -0.977. The molecule has 1 N–H and O–H groups in total. The number of carbonyl (C=O) groups is 2. The van der Waals surface area contributed by atoms with Gasteiger partial charge in [0, 0.05) is 40.4 Å². The van der Waals surface area contributed by atoms with Crippen molar-refractivity contribution in [3.05, 3.63) is 100 Å². The molecule has 2 heterocycles. The van der Waals surface area contributed by atoms with Crippen LogP contribution in [0.2, 0.25) is 5.02 Å². The molecule has 5 rings (SSSR count). The number of ether oxygens (including phenoxy) is 1. The number of fused-ring (bicyclic) bond motifs is 1. The van der Waals surface area contributed by atoms with E-state index in [0.717, 1.165) is 17.0 Å². The summed E-state index contributed by atoms with van der Waals surface area (Å²) in [5.74, 6) is -2.68. The average Bonchev–Trinajstić information content (AvgIpc) is 3.33. The SMILES string of the molecule is COc1ccc(F)cc1/C(O)=C1\C(=O)C(=O)N(c2ccc(Cl)cc2)C1c1cn(C)c2ccccc12. The minimum absolute atomic E-state index is 0.0214. The van der Waals surface area contributed by atoms with Gasteiger partial charge in [-0.15, -0.1) is 0 Å². The van der Waals surface area contributed by atoms with E-state index in [2.05, 4.69) is 0 Å². The van der Waals surface area contributed by atoms with Crippen molar-refractivity contribution in [3.63, 3.8) is 0 Å². The van der Waals surface area contributed by atoms with Gasteiger partial charge in [-0.25, -0.2) is 4.39 Å². The van der Waals surface area contributed by atoms with Crippen LogP contribution in [0.4, 0.5) is 10.1 Å². The molecule has 1 amide bonds. The van der Waals surface area contributed by atoms with Gasteiger partial charge in [0.05, 0.1) is 24.3 Å². The van der Waals surface area contributed by atoms with E-state index < -0.39 is 29.3 Å². The maximum atomic E-state index is 14.1. The summed E-state index contributed by atoms with van der Waals surface area (Å²) in [4.78, 5) is 28.1. The zero-order valence-electron chi connectivity index (χ0n) is 18.8. The molecule has 0 spiro atoms. The molecule has 3 aromatic carbocycles. The van der Waals surface area contributed by atoms with Crippen molar-refractivity contribution in [3.8, 4) is 5.75 Å². The van der Waals surface area contributed by atoms with Crippen molar-refractivity contribution < 1.29 is 23.8 Å². The van der Waals surface area contributed by atoms with Crippen molar-refractivity contribution in [1.29, 1.82) is 0 Å². The van der Waals surface area contributed by atoms with Crippen LogP contribution in [0.3, 0.4) is 0 Å². The van der Waals surface area contributed by atoms with Gasteiger partial charge in [-0.1, -0.05) is 29.8 Å². The third-order valence-corrected chi connectivity index (χ3v) is 6.44. The Hall–Kier alpha value is -4.10. The molecular formula is C27H20ClFN2O4. The Kier molecular flexibility index (Phi) is 5.57. The fraction of sp³-hybridized carbons (Fsp3) is 0.111. The lowest BCUT2D eigenvalue weighted by atomic mass is 9.94. The fourth-order valence-electron chi connectivity index (χ4n) is 4.60. The molecule has 1 atom stereocenters. The van der Waals surface area contributed by atoms with Crippen molar-refractivity contribution in [2.45, 2.75) is 6.04 Å². The maximum absolute atomic E-state index is 14.1. The Bertz CT molecular complexity index is 1520. The molecule has 4 aromatic rings. The highest BCUT2D eigenvalue weighted by molar-refractivity contribution is 6.52. The van der Waals surface area contributed by atoms with Gasteiger partial charge in [-0.3, -0.25) is 14.5 Å². The number of hydrogen-bond acceptors (Lipinski definition) is 4. The summed E-state index contributed by atoms with van der Waals surface area (Å²) in [6, 6.07) is 16.7. The number of nitrogens with zero attached hydrogens (tertiary/aromatic N) is 2. The Balaban J connectivity index is 1.83. The van der Waals surface area contributed by atoms with E-state index in [1.807, 2.05) is 42.1 Å². The molecule has 1 aliphatic heterocycles. The Morgan fingerprint density at radius 3 is 2.49 bits per heavy atom. The smallest absolute Gasteiger partial charge is 0.300 e. The van der Waals surface area contributed by atoms with Gasteiger partial charge in [0.25, 0.3) is 11.7 Å². The van der Waals surface area contributed by atoms with Crippen LogP contribution in [0.1, 0.15) is 17.2 Å². The van der Waals surface area contributed by atoms with Crippen molar-refractivity contribution in [1.82, 2.24) is 4.57 Å². The zero-order chi connectivity index (χ0) is 24.9. The second-order valence-electron chi connectivity index (χ2n) is 8.20. The highest BCUT2D eigenvalue weighted by Crippen LogP contribution is 2.45. The number of hydrogen-bond donors (Lipinski definition) is 1. The summed E-state index contributed by atoms with van der Waals surface area (Å²) in [5, 5.41) is 12.6. The fourth-order valence-corrected chi connectivity index (χ4v) is 4.72. The molecule has 0 bridgehead atoms. The first-order valence-corrected chi connectivity index (χ1v) is 11.1.